The molecule has 0 radical (unpaired) electrons. The molecule has 0 unspecified atom stereocenters. The van der Waals surface area contributed by atoms with Crippen LogP contribution in [0.5, 0.6) is 11.5 Å². The molecule has 0 aliphatic rings. The predicted molar refractivity (Wildman–Crippen MR) is 122 cm³/mol. The lowest BCUT2D eigenvalue weighted by Crippen LogP contribution is -2.37. The third kappa shape index (κ3) is 6.98. The van der Waals surface area contributed by atoms with Crippen molar-refractivity contribution < 1.29 is 23.9 Å². The zero-order valence-electron chi connectivity index (χ0n) is 18.2. The van der Waals surface area contributed by atoms with Crippen molar-refractivity contribution in [2.75, 3.05) is 25.6 Å². The van der Waals surface area contributed by atoms with E-state index in [1.165, 1.54) is 19.4 Å². The highest BCUT2D eigenvalue weighted by atomic mass is 16.5. The van der Waals surface area contributed by atoms with Gasteiger partial charge in [-0.2, -0.15) is 5.10 Å². The van der Waals surface area contributed by atoms with Crippen molar-refractivity contribution in [2.45, 2.75) is 13.8 Å². The van der Waals surface area contributed by atoms with E-state index in [0.29, 0.717) is 17.1 Å². The number of hydrogen-bond acceptors (Lipinski definition) is 6. The molecular weight excluding hydrogens is 412 g/mol. The normalized spacial score (nSPS) is 10.3. The third-order valence-corrected chi connectivity index (χ3v) is 4.42. The van der Waals surface area contributed by atoms with Gasteiger partial charge in [0, 0.05) is 12.2 Å². The Morgan fingerprint density at radius 1 is 1.09 bits per heavy atom. The first-order chi connectivity index (χ1) is 15.3. The number of methoxy groups -OCH3 is 1. The Kier molecular flexibility index (Phi) is 8.97. The van der Waals surface area contributed by atoms with Crippen molar-refractivity contribution in [3.8, 4) is 11.5 Å². The van der Waals surface area contributed by atoms with E-state index in [1.54, 1.807) is 18.2 Å². The van der Waals surface area contributed by atoms with Gasteiger partial charge in [-0.15, -0.1) is 6.58 Å². The standard InChI is InChI=1S/C23H26N4O5/c1-5-11-24-22(29)23(30)27-25-13-17-9-10-19(20(12-17)31-4)32-14-21(28)26-18-8-6-7-15(2)16(18)3/h5-10,12-13H,1,11,14H2,2-4H3,(H,24,29)(H,26,28)(H,27,30)/b25-13-. The maximum absolute atomic E-state index is 12.3. The number of nitrogens with zero attached hydrogens (tertiary/aromatic N) is 1. The zero-order valence-corrected chi connectivity index (χ0v) is 18.2. The zero-order chi connectivity index (χ0) is 23.5. The summed E-state index contributed by atoms with van der Waals surface area (Å²) in [6.45, 7) is 7.33. The van der Waals surface area contributed by atoms with Crippen LogP contribution in [0.15, 0.2) is 54.2 Å². The Morgan fingerprint density at radius 3 is 2.59 bits per heavy atom. The smallest absolute Gasteiger partial charge is 0.329 e. The number of carbonyl (C=O) groups is 3. The number of hydrazone groups is 1. The van der Waals surface area contributed by atoms with Gasteiger partial charge in [-0.3, -0.25) is 14.4 Å². The van der Waals surface area contributed by atoms with E-state index >= 15 is 0 Å². The Morgan fingerprint density at radius 2 is 1.88 bits per heavy atom. The molecule has 32 heavy (non-hydrogen) atoms. The van der Waals surface area contributed by atoms with E-state index in [0.717, 1.165) is 16.8 Å². The molecule has 168 valence electrons. The van der Waals surface area contributed by atoms with Crippen LogP contribution in [0, 0.1) is 13.8 Å². The van der Waals surface area contributed by atoms with Gasteiger partial charge in [0.1, 0.15) is 0 Å². The molecule has 3 amide bonds. The number of hydrogen-bond donors (Lipinski definition) is 3. The van der Waals surface area contributed by atoms with E-state index in [4.69, 9.17) is 9.47 Å². The highest BCUT2D eigenvalue weighted by Gasteiger charge is 2.12. The molecule has 0 aliphatic carbocycles. The Hall–Kier alpha value is -4.14. The minimum absolute atomic E-state index is 0.178. The molecular formula is C23H26N4O5. The van der Waals surface area contributed by atoms with E-state index in [9.17, 15) is 14.4 Å². The molecule has 9 nitrogen and oxygen atoms in total. The fraction of sp³-hybridized carbons (Fsp3) is 0.217. The second-order valence-electron chi connectivity index (χ2n) is 6.69. The largest absolute Gasteiger partial charge is 0.493 e. The average molecular weight is 438 g/mol. The molecule has 0 heterocycles. The van der Waals surface area contributed by atoms with Gasteiger partial charge in [0.15, 0.2) is 18.1 Å². The quantitative estimate of drug-likeness (QED) is 0.240. The summed E-state index contributed by atoms with van der Waals surface area (Å²) in [6, 6.07) is 10.6. The number of carbonyl (C=O) groups excluding carboxylic acids is 3. The summed E-state index contributed by atoms with van der Waals surface area (Å²) in [7, 11) is 1.46. The minimum atomic E-state index is -0.898. The predicted octanol–water partition coefficient (Wildman–Crippen LogP) is 2.08. The second kappa shape index (κ2) is 11.9. The SMILES string of the molecule is C=CCNC(=O)C(=O)N/N=C\c1ccc(OCC(=O)Nc2cccc(C)c2C)c(OC)c1. The Labute approximate surface area is 186 Å². The molecule has 2 rings (SSSR count). The number of aryl methyl sites for hydroxylation is 1. The minimum Gasteiger partial charge on any atom is -0.493 e. The summed E-state index contributed by atoms with van der Waals surface area (Å²) in [6.07, 6.45) is 2.80. The molecule has 0 saturated heterocycles. The van der Waals surface area contributed by atoms with Crippen LogP contribution in [0.2, 0.25) is 0 Å². The lowest BCUT2D eigenvalue weighted by atomic mass is 10.1. The molecule has 0 saturated carbocycles. The molecule has 2 aromatic carbocycles. The number of anilines is 1. The molecule has 3 N–H and O–H groups in total. The summed E-state index contributed by atoms with van der Waals surface area (Å²) < 4.78 is 10.9. The number of nitrogens with one attached hydrogen (secondary N) is 3. The van der Waals surface area contributed by atoms with E-state index in [2.05, 4.69) is 27.7 Å². The first-order valence-corrected chi connectivity index (χ1v) is 9.74. The molecule has 0 fully saturated rings. The van der Waals surface area contributed by atoms with Crippen molar-refractivity contribution in [3.05, 3.63) is 65.7 Å². The van der Waals surface area contributed by atoms with Gasteiger partial charge in [0.05, 0.1) is 13.3 Å². The van der Waals surface area contributed by atoms with Gasteiger partial charge < -0.3 is 20.1 Å². The van der Waals surface area contributed by atoms with Crippen molar-refractivity contribution in [1.29, 1.82) is 0 Å². The lowest BCUT2D eigenvalue weighted by molar-refractivity contribution is -0.139. The van der Waals surface area contributed by atoms with E-state index in [-0.39, 0.29) is 19.1 Å². The molecule has 0 aliphatic heterocycles. The molecule has 2 aromatic rings. The first-order valence-electron chi connectivity index (χ1n) is 9.74. The van der Waals surface area contributed by atoms with Gasteiger partial charge >= 0.3 is 11.8 Å². The van der Waals surface area contributed by atoms with Crippen LogP contribution in [0.25, 0.3) is 0 Å². The van der Waals surface area contributed by atoms with Crippen LogP contribution in [0.1, 0.15) is 16.7 Å². The summed E-state index contributed by atoms with van der Waals surface area (Å²) in [5.74, 6) is -1.27. The van der Waals surface area contributed by atoms with Gasteiger partial charge in [-0.05, 0) is 54.8 Å². The summed E-state index contributed by atoms with van der Waals surface area (Å²) in [5, 5.41) is 8.91. The van der Waals surface area contributed by atoms with Gasteiger partial charge in [0.2, 0.25) is 0 Å². The topological polar surface area (TPSA) is 118 Å². The fourth-order valence-electron chi connectivity index (χ4n) is 2.56. The van der Waals surface area contributed by atoms with Gasteiger partial charge in [-0.25, -0.2) is 5.43 Å². The molecule has 0 spiro atoms. The van der Waals surface area contributed by atoms with Crippen LogP contribution in [0.4, 0.5) is 5.69 Å². The number of amides is 3. The van der Waals surface area contributed by atoms with Crippen molar-refractivity contribution in [3.63, 3.8) is 0 Å². The summed E-state index contributed by atoms with van der Waals surface area (Å²) in [5.41, 5.74) is 5.51. The second-order valence-corrected chi connectivity index (χ2v) is 6.69. The van der Waals surface area contributed by atoms with Crippen LogP contribution in [-0.2, 0) is 14.4 Å². The van der Waals surface area contributed by atoms with E-state index < -0.39 is 11.8 Å². The molecule has 0 aromatic heterocycles. The average Bonchev–Trinajstić information content (AvgIpc) is 2.79. The summed E-state index contributed by atoms with van der Waals surface area (Å²) in [4.78, 5) is 35.3. The third-order valence-electron chi connectivity index (χ3n) is 4.42. The number of benzene rings is 2. The van der Waals surface area contributed by atoms with Crippen LogP contribution in [0.3, 0.4) is 0 Å². The Bertz CT molecular complexity index is 1030. The Balaban J connectivity index is 1.94. The maximum Gasteiger partial charge on any atom is 0.329 e. The molecule has 9 heteroatoms. The molecule has 0 bridgehead atoms. The lowest BCUT2D eigenvalue weighted by Gasteiger charge is -2.13. The van der Waals surface area contributed by atoms with Crippen LogP contribution < -0.4 is 25.5 Å². The van der Waals surface area contributed by atoms with Crippen LogP contribution >= 0.6 is 0 Å². The van der Waals surface area contributed by atoms with Crippen molar-refractivity contribution >= 4 is 29.6 Å². The van der Waals surface area contributed by atoms with Crippen molar-refractivity contribution in [1.82, 2.24) is 10.7 Å². The summed E-state index contributed by atoms with van der Waals surface area (Å²) >= 11 is 0. The molecule has 0 atom stereocenters. The highest BCUT2D eigenvalue weighted by Crippen LogP contribution is 2.27. The van der Waals surface area contributed by atoms with E-state index in [1.807, 2.05) is 32.0 Å². The van der Waals surface area contributed by atoms with Crippen LogP contribution in [-0.4, -0.2) is 44.2 Å². The van der Waals surface area contributed by atoms with Gasteiger partial charge in [-0.1, -0.05) is 18.2 Å². The number of rotatable bonds is 9. The monoisotopic (exact) mass is 438 g/mol. The number of ether oxygens (including phenoxy) is 2. The fourth-order valence-corrected chi connectivity index (χ4v) is 2.56. The first kappa shape index (κ1) is 24.1. The maximum atomic E-state index is 12.3. The van der Waals surface area contributed by atoms with Crippen molar-refractivity contribution in [2.24, 2.45) is 5.10 Å². The highest BCUT2D eigenvalue weighted by molar-refractivity contribution is 6.35. The van der Waals surface area contributed by atoms with Gasteiger partial charge in [0.25, 0.3) is 5.91 Å².